The summed E-state index contributed by atoms with van der Waals surface area (Å²) in [6.07, 6.45) is 0. The van der Waals surface area contributed by atoms with Crippen LogP contribution in [0.2, 0.25) is 0 Å². The summed E-state index contributed by atoms with van der Waals surface area (Å²) in [4.78, 5) is 10.4. The van der Waals surface area contributed by atoms with Crippen LogP contribution in [0.1, 0.15) is 27.7 Å². The van der Waals surface area contributed by atoms with E-state index in [0.717, 1.165) is 6.92 Å². The average Bonchev–Trinajstić information content (AvgIpc) is 1.82. The fourth-order valence-electron chi connectivity index (χ4n) is 0.363. The summed E-state index contributed by atoms with van der Waals surface area (Å²) >= 11 is 0. The molecule has 0 rings (SSSR count). The normalized spacial score (nSPS) is 15.8. The maximum Gasteiger partial charge on any atom is 0.348 e. The first kappa shape index (κ1) is 11.0. The number of hydrogen-bond donors (Lipinski definition) is 2. The minimum Gasteiger partial charge on any atom is -0.478 e. The van der Waals surface area contributed by atoms with Crippen molar-refractivity contribution in [2.75, 3.05) is 0 Å². The van der Waals surface area contributed by atoms with Crippen LogP contribution in [0.4, 0.5) is 0 Å². The molecular formula is C9H14O3. The van der Waals surface area contributed by atoms with Crippen molar-refractivity contribution in [3.8, 4) is 11.8 Å². The fraction of sp³-hybridized carbons (Fsp3) is 0.667. The molecule has 0 fully saturated rings. The van der Waals surface area contributed by atoms with Crippen molar-refractivity contribution in [3.05, 3.63) is 0 Å². The third-order valence-corrected chi connectivity index (χ3v) is 1.10. The van der Waals surface area contributed by atoms with Crippen LogP contribution in [-0.2, 0) is 4.79 Å². The molecule has 0 aromatic carbocycles. The van der Waals surface area contributed by atoms with Crippen LogP contribution in [0.3, 0.4) is 0 Å². The van der Waals surface area contributed by atoms with Crippen LogP contribution >= 0.6 is 0 Å². The minimum atomic E-state index is -1.94. The Balaban J connectivity index is 4.61. The smallest absolute Gasteiger partial charge is 0.348 e. The van der Waals surface area contributed by atoms with Gasteiger partial charge >= 0.3 is 5.97 Å². The molecule has 2 N–H and O–H groups in total. The summed E-state index contributed by atoms with van der Waals surface area (Å²) < 4.78 is 0. The van der Waals surface area contributed by atoms with Gasteiger partial charge in [0.15, 0.2) is 0 Å². The van der Waals surface area contributed by atoms with Crippen molar-refractivity contribution in [3.63, 3.8) is 0 Å². The molecule has 3 nitrogen and oxygen atoms in total. The minimum absolute atomic E-state index is 0.292. The number of carbonyl (C=O) groups is 1. The molecule has 0 amide bonds. The van der Waals surface area contributed by atoms with Gasteiger partial charge in [-0.2, -0.15) is 0 Å². The second-order valence-corrected chi connectivity index (χ2v) is 3.88. The molecule has 0 saturated heterocycles. The third-order valence-electron chi connectivity index (χ3n) is 1.10. The highest BCUT2D eigenvalue weighted by atomic mass is 16.4. The maximum atomic E-state index is 10.4. The van der Waals surface area contributed by atoms with Gasteiger partial charge in [0.25, 0.3) is 0 Å². The van der Waals surface area contributed by atoms with E-state index in [1.165, 1.54) is 0 Å². The standard InChI is InChI=1S/C9H14O3/c1-8(2,3)5-6-9(4,12)7(10)11/h12H,1-4H3,(H,10,11). The molecule has 0 bridgehead atoms. The van der Waals surface area contributed by atoms with E-state index in [-0.39, 0.29) is 5.41 Å². The monoisotopic (exact) mass is 170 g/mol. The molecule has 0 heterocycles. The van der Waals surface area contributed by atoms with E-state index in [4.69, 9.17) is 5.11 Å². The topological polar surface area (TPSA) is 57.5 Å². The molecule has 1 atom stereocenters. The van der Waals surface area contributed by atoms with E-state index in [2.05, 4.69) is 11.8 Å². The van der Waals surface area contributed by atoms with Gasteiger partial charge in [-0.15, -0.1) is 0 Å². The zero-order valence-corrected chi connectivity index (χ0v) is 7.80. The van der Waals surface area contributed by atoms with Crippen molar-refractivity contribution < 1.29 is 15.0 Å². The summed E-state index contributed by atoms with van der Waals surface area (Å²) in [7, 11) is 0. The Hall–Kier alpha value is -1.01. The highest BCUT2D eigenvalue weighted by Crippen LogP contribution is 2.11. The molecule has 1 unspecified atom stereocenters. The molecule has 3 heteroatoms. The number of aliphatic carboxylic acids is 1. The molecular weight excluding hydrogens is 156 g/mol. The van der Waals surface area contributed by atoms with Crippen LogP contribution < -0.4 is 0 Å². The molecule has 0 aliphatic carbocycles. The van der Waals surface area contributed by atoms with E-state index in [1.54, 1.807) is 0 Å². The van der Waals surface area contributed by atoms with E-state index < -0.39 is 11.6 Å². The van der Waals surface area contributed by atoms with Gasteiger partial charge in [-0.05, 0) is 27.7 Å². The second kappa shape index (κ2) is 3.16. The lowest BCUT2D eigenvalue weighted by Gasteiger charge is -2.12. The summed E-state index contributed by atoms with van der Waals surface area (Å²) in [5.74, 6) is 3.65. The quantitative estimate of drug-likeness (QED) is 0.574. The lowest BCUT2D eigenvalue weighted by atomic mass is 9.96. The van der Waals surface area contributed by atoms with Gasteiger partial charge in [-0.3, -0.25) is 0 Å². The van der Waals surface area contributed by atoms with E-state index >= 15 is 0 Å². The summed E-state index contributed by atoms with van der Waals surface area (Å²) in [5, 5.41) is 17.7. The first-order valence-corrected chi connectivity index (χ1v) is 3.65. The van der Waals surface area contributed by atoms with Crippen molar-refractivity contribution in [2.24, 2.45) is 5.41 Å². The zero-order chi connectivity index (χ0) is 9.99. The Morgan fingerprint density at radius 3 is 1.83 bits per heavy atom. The lowest BCUT2D eigenvalue weighted by molar-refractivity contribution is -0.151. The second-order valence-electron chi connectivity index (χ2n) is 3.88. The molecule has 0 aromatic heterocycles. The van der Waals surface area contributed by atoms with Crippen LogP contribution in [0, 0.1) is 17.3 Å². The molecule has 0 aliphatic heterocycles. The largest absolute Gasteiger partial charge is 0.478 e. The Morgan fingerprint density at radius 1 is 1.17 bits per heavy atom. The maximum absolute atomic E-state index is 10.4. The Labute approximate surface area is 72.4 Å². The molecule has 0 radical (unpaired) electrons. The number of carboxylic acids is 1. The fourth-order valence-corrected chi connectivity index (χ4v) is 0.363. The van der Waals surface area contributed by atoms with Gasteiger partial charge in [0.2, 0.25) is 5.60 Å². The van der Waals surface area contributed by atoms with Gasteiger partial charge in [0, 0.05) is 5.41 Å². The number of hydrogen-bond acceptors (Lipinski definition) is 2. The zero-order valence-electron chi connectivity index (χ0n) is 7.80. The Morgan fingerprint density at radius 2 is 1.58 bits per heavy atom. The van der Waals surface area contributed by atoms with Gasteiger partial charge in [-0.25, -0.2) is 4.79 Å². The van der Waals surface area contributed by atoms with Crippen LogP contribution in [-0.4, -0.2) is 21.8 Å². The highest BCUT2D eigenvalue weighted by Gasteiger charge is 2.27. The summed E-state index contributed by atoms with van der Waals surface area (Å²) in [6.45, 7) is 6.70. The van der Waals surface area contributed by atoms with Crippen LogP contribution in [0.5, 0.6) is 0 Å². The summed E-state index contributed by atoms with van der Waals surface area (Å²) in [5.41, 5.74) is -2.23. The van der Waals surface area contributed by atoms with Crippen molar-refractivity contribution >= 4 is 5.97 Å². The highest BCUT2D eigenvalue weighted by molar-refractivity contribution is 5.80. The summed E-state index contributed by atoms with van der Waals surface area (Å²) in [6, 6.07) is 0. The third kappa shape index (κ3) is 3.99. The van der Waals surface area contributed by atoms with Crippen molar-refractivity contribution in [1.29, 1.82) is 0 Å². The Kier molecular flexibility index (Phi) is 2.89. The molecule has 12 heavy (non-hydrogen) atoms. The molecule has 0 spiro atoms. The van der Waals surface area contributed by atoms with Crippen LogP contribution in [0.15, 0.2) is 0 Å². The van der Waals surface area contributed by atoms with Crippen molar-refractivity contribution in [1.82, 2.24) is 0 Å². The van der Waals surface area contributed by atoms with E-state index in [9.17, 15) is 9.90 Å². The van der Waals surface area contributed by atoms with Gasteiger partial charge in [0.05, 0.1) is 0 Å². The van der Waals surface area contributed by atoms with Crippen LogP contribution in [0.25, 0.3) is 0 Å². The predicted octanol–water partition coefficient (Wildman–Crippen LogP) is 0.871. The number of aliphatic hydroxyl groups is 1. The number of carboxylic acid groups (broad SMARTS) is 1. The predicted molar refractivity (Wildman–Crippen MR) is 45.5 cm³/mol. The van der Waals surface area contributed by atoms with Gasteiger partial charge < -0.3 is 10.2 Å². The average molecular weight is 170 g/mol. The Bertz CT molecular complexity index is 235. The van der Waals surface area contributed by atoms with E-state index in [0.29, 0.717) is 0 Å². The molecule has 68 valence electrons. The first-order chi connectivity index (χ1) is 5.15. The van der Waals surface area contributed by atoms with Gasteiger partial charge in [0.1, 0.15) is 0 Å². The van der Waals surface area contributed by atoms with Gasteiger partial charge in [-0.1, -0.05) is 11.8 Å². The van der Waals surface area contributed by atoms with Crippen molar-refractivity contribution in [2.45, 2.75) is 33.3 Å². The SMILES string of the molecule is CC(C)(C)C#CC(C)(O)C(=O)O. The molecule has 0 saturated carbocycles. The lowest BCUT2D eigenvalue weighted by Crippen LogP contribution is -2.33. The number of rotatable bonds is 1. The molecule has 0 aliphatic rings. The first-order valence-electron chi connectivity index (χ1n) is 3.65. The molecule has 0 aromatic rings. The van der Waals surface area contributed by atoms with E-state index in [1.807, 2.05) is 20.8 Å².